The Bertz CT molecular complexity index is 1390. The van der Waals surface area contributed by atoms with Crippen molar-refractivity contribution in [1.29, 1.82) is 0 Å². The second-order valence-corrected chi connectivity index (χ2v) is 9.92. The van der Waals surface area contributed by atoms with Gasteiger partial charge in [0.2, 0.25) is 0 Å². The first-order valence-corrected chi connectivity index (χ1v) is 12.8. The van der Waals surface area contributed by atoms with Gasteiger partial charge in [0.05, 0.1) is 25.2 Å². The summed E-state index contributed by atoms with van der Waals surface area (Å²) in [6.45, 7) is 5.82. The quantitative estimate of drug-likeness (QED) is 0.383. The van der Waals surface area contributed by atoms with Gasteiger partial charge in [0.25, 0.3) is 5.56 Å². The fraction of sp³-hybridized carbons (Fsp3) is 0.429. The van der Waals surface area contributed by atoms with E-state index < -0.39 is 0 Å². The van der Waals surface area contributed by atoms with E-state index >= 15 is 0 Å². The number of aromatic amines is 1. The lowest BCUT2D eigenvalue weighted by atomic mass is 9.95. The van der Waals surface area contributed by atoms with Crippen molar-refractivity contribution in [2.45, 2.75) is 71.6 Å². The molecule has 8 nitrogen and oxygen atoms in total. The molecule has 8 heteroatoms. The highest BCUT2D eigenvalue weighted by Crippen LogP contribution is 2.28. The smallest absolute Gasteiger partial charge is 0.252 e. The zero-order valence-electron chi connectivity index (χ0n) is 21.3. The Hall–Kier alpha value is -3.52. The molecule has 1 aliphatic carbocycles. The summed E-state index contributed by atoms with van der Waals surface area (Å²) >= 11 is 0. The third kappa shape index (κ3) is 5.18. The first kappa shape index (κ1) is 24.2. The number of aromatic nitrogens is 5. The molecular formula is C28H34N6O2. The highest BCUT2D eigenvalue weighted by Gasteiger charge is 2.22. The molecule has 1 saturated carbocycles. The van der Waals surface area contributed by atoms with Crippen LogP contribution in [0.2, 0.25) is 0 Å². The molecule has 0 radical (unpaired) electrons. The highest BCUT2D eigenvalue weighted by atomic mass is 16.5. The molecular weight excluding hydrogens is 452 g/mol. The predicted molar refractivity (Wildman–Crippen MR) is 140 cm³/mol. The zero-order chi connectivity index (χ0) is 25.1. The van der Waals surface area contributed by atoms with Gasteiger partial charge in [-0.15, -0.1) is 5.10 Å². The van der Waals surface area contributed by atoms with Crippen LogP contribution in [0.5, 0.6) is 5.75 Å². The maximum absolute atomic E-state index is 13.1. The molecule has 0 spiro atoms. The van der Waals surface area contributed by atoms with E-state index in [4.69, 9.17) is 4.74 Å². The lowest BCUT2D eigenvalue weighted by Crippen LogP contribution is -2.29. The number of nitrogens with zero attached hydrogens (tertiary/aromatic N) is 5. The predicted octanol–water partition coefficient (Wildman–Crippen LogP) is 4.85. The van der Waals surface area contributed by atoms with E-state index in [1.54, 1.807) is 7.11 Å². The van der Waals surface area contributed by atoms with E-state index in [9.17, 15) is 4.79 Å². The molecule has 0 unspecified atom stereocenters. The first-order valence-electron chi connectivity index (χ1n) is 12.8. The van der Waals surface area contributed by atoms with Gasteiger partial charge in [-0.1, -0.05) is 43.5 Å². The molecule has 4 aromatic rings. The molecule has 188 valence electrons. The Labute approximate surface area is 211 Å². The van der Waals surface area contributed by atoms with E-state index in [1.165, 1.54) is 24.8 Å². The highest BCUT2D eigenvalue weighted by molar-refractivity contribution is 5.83. The van der Waals surface area contributed by atoms with Gasteiger partial charge in [-0.3, -0.25) is 9.69 Å². The van der Waals surface area contributed by atoms with Crippen molar-refractivity contribution in [3.63, 3.8) is 0 Å². The number of methoxy groups -OCH3 is 1. The van der Waals surface area contributed by atoms with Crippen LogP contribution in [0.3, 0.4) is 0 Å². The molecule has 1 aliphatic rings. The summed E-state index contributed by atoms with van der Waals surface area (Å²) in [5.74, 6) is 1.67. The summed E-state index contributed by atoms with van der Waals surface area (Å²) in [6, 6.07) is 14.6. The molecule has 0 amide bonds. The van der Waals surface area contributed by atoms with Gasteiger partial charge in [-0.25, -0.2) is 4.68 Å². The van der Waals surface area contributed by atoms with Crippen LogP contribution in [0, 0.1) is 13.8 Å². The van der Waals surface area contributed by atoms with Gasteiger partial charge in [-0.2, -0.15) is 0 Å². The van der Waals surface area contributed by atoms with E-state index in [1.807, 2.05) is 29.8 Å². The van der Waals surface area contributed by atoms with Crippen molar-refractivity contribution >= 4 is 10.9 Å². The lowest BCUT2D eigenvalue weighted by molar-refractivity contribution is 0.225. The number of nitrogens with one attached hydrogen (secondary N) is 1. The largest absolute Gasteiger partial charge is 0.497 e. The number of rotatable bonds is 8. The maximum Gasteiger partial charge on any atom is 0.252 e. The molecule has 0 atom stereocenters. The molecule has 1 N–H and O–H groups in total. The summed E-state index contributed by atoms with van der Waals surface area (Å²) in [7, 11) is 1.67. The Kier molecular flexibility index (Phi) is 7.13. The van der Waals surface area contributed by atoms with E-state index in [-0.39, 0.29) is 5.56 Å². The molecule has 0 saturated heterocycles. The Balaban J connectivity index is 1.45. The summed E-state index contributed by atoms with van der Waals surface area (Å²) in [5.41, 5.74) is 5.00. The van der Waals surface area contributed by atoms with E-state index in [0.717, 1.165) is 52.0 Å². The van der Waals surface area contributed by atoms with Gasteiger partial charge in [-0.05, 0) is 77.4 Å². The summed E-state index contributed by atoms with van der Waals surface area (Å²) in [5, 5.41) is 13.8. The molecule has 2 heterocycles. The molecule has 1 fully saturated rings. The number of H-pyrrole nitrogens is 1. The number of hydrogen-bond acceptors (Lipinski definition) is 6. The third-order valence-electron chi connectivity index (χ3n) is 7.43. The van der Waals surface area contributed by atoms with Crippen molar-refractivity contribution in [3.8, 4) is 5.75 Å². The van der Waals surface area contributed by atoms with E-state index in [2.05, 4.69) is 56.6 Å². The third-order valence-corrected chi connectivity index (χ3v) is 7.43. The fourth-order valence-corrected chi connectivity index (χ4v) is 5.21. The molecule has 2 aromatic heterocycles. The molecule has 5 rings (SSSR count). The Morgan fingerprint density at radius 1 is 1.03 bits per heavy atom. The SMILES string of the molecule is COc1ccc(CN(Cc2cc3ccc(C)c(C)c3[nH]c2=O)Cc2nnnn2C2CCCCC2)cc1. The van der Waals surface area contributed by atoms with Crippen molar-refractivity contribution < 1.29 is 4.74 Å². The van der Waals surface area contributed by atoms with Crippen molar-refractivity contribution in [2.75, 3.05) is 7.11 Å². The number of aryl methyl sites for hydroxylation is 2. The molecule has 2 aromatic carbocycles. The van der Waals surface area contributed by atoms with Crippen LogP contribution < -0.4 is 10.3 Å². The Morgan fingerprint density at radius 3 is 2.56 bits per heavy atom. The van der Waals surface area contributed by atoms with Crippen molar-refractivity contribution in [1.82, 2.24) is 30.1 Å². The zero-order valence-corrected chi connectivity index (χ0v) is 21.3. The van der Waals surface area contributed by atoms with Crippen LogP contribution in [0.1, 0.15) is 66.2 Å². The van der Waals surface area contributed by atoms with Gasteiger partial charge in [0.1, 0.15) is 5.75 Å². The standard InChI is InChI=1S/C28H34N6O2/c1-19-9-12-22-15-23(28(35)29-27(22)20(19)2)17-33(16-21-10-13-25(36-3)14-11-21)18-26-30-31-32-34(26)24-7-5-4-6-8-24/h9-15,24H,4-8,16-18H2,1-3H3,(H,29,35). The van der Waals surface area contributed by atoms with Crippen molar-refractivity contribution in [3.05, 3.63) is 80.9 Å². The lowest BCUT2D eigenvalue weighted by Gasteiger charge is -2.25. The average molecular weight is 487 g/mol. The minimum Gasteiger partial charge on any atom is -0.497 e. The van der Waals surface area contributed by atoms with E-state index in [0.29, 0.717) is 25.7 Å². The van der Waals surface area contributed by atoms with Crippen LogP contribution in [0.15, 0.2) is 47.3 Å². The van der Waals surface area contributed by atoms with Gasteiger partial charge in [0.15, 0.2) is 5.82 Å². The van der Waals surface area contributed by atoms with Crippen LogP contribution >= 0.6 is 0 Å². The monoisotopic (exact) mass is 486 g/mol. The van der Waals surface area contributed by atoms with Crippen LogP contribution in [-0.4, -0.2) is 37.2 Å². The number of fused-ring (bicyclic) bond motifs is 1. The number of pyridine rings is 1. The summed E-state index contributed by atoms with van der Waals surface area (Å²) < 4.78 is 7.33. The van der Waals surface area contributed by atoms with Crippen LogP contribution in [-0.2, 0) is 19.6 Å². The topological polar surface area (TPSA) is 88.9 Å². The number of tetrazole rings is 1. The van der Waals surface area contributed by atoms with Gasteiger partial charge >= 0.3 is 0 Å². The molecule has 0 aliphatic heterocycles. The van der Waals surface area contributed by atoms with Crippen molar-refractivity contribution in [2.24, 2.45) is 0 Å². The Morgan fingerprint density at radius 2 is 1.81 bits per heavy atom. The average Bonchev–Trinajstić information content (AvgIpc) is 3.36. The maximum atomic E-state index is 13.1. The number of benzene rings is 2. The van der Waals surface area contributed by atoms with Gasteiger partial charge in [0, 0.05) is 18.7 Å². The minimum absolute atomic E-state index is 0.0530. The summed E-state index contributed by atoms with van der Waals surface area (Å²) in [6.07, 6.45) is 5.93. The first-order chi connectivity index (χ1) is 17.5. The number of hydrogen-bond donors (Lipinski definition) is 1. The van der Waals surface area contributed by atoms with Gasteiger partial charge < -0.3 is 9.72 Å². The fourth-order valence-electron chi connectivity index (χ4n) is 5.21. The second-order valence-electron chi connectivity index (χ2n) is 9.92. The number of ether oxygens (including phenoxy) is 1. The molecule has 36 heavy (non-hydrogen) atoms. The second kappa shape index (κ2) is 10.6. The minimum atomic E-state index is -0.0530. The molecule has 0 bridgehead atoms. The summed E-state index contributed by atoms with van der Waals surface area (Å²) in [4.78, 5) is 18.5. The van der Waals surface area contributed by atoms with Crippen LogP contribution in [0.25, 0.3) is 10.9 Å². The van der Waals surface area contributed by atoms with Crippen LogP contribution in [0.4, 0.5) is 0 Å². The normalized spacial score (nSPS) is 14.6.